The lowest BCUT2D eigenvalue weighted by atomic mass is 9.58. The lowest BCUT2D eigenvalue weighted by Crippen LogP contribution is -2.67. The van der Waals surface area contributed by atoms with Gasteiger partial charge in [0.15, 0.2) is 29.7 Å². The van der Waals surface area contributed by atoms with Crippen LogP contribution in [-0.2, 0) is 28.5 Å². The summed E-state index contributed by atoms with van der Waals surface area (Å²) < 4.78 is 37.9. The van der Waals surface area contributed by atoms with Gasteiger partial charge in [0.05, 0.1) is 47.8 Å². The van der Waals surface area contributed by atoms with Gasteiger partial charge in [-0.3, -0.25) is 9.59 Å². The number of hydrogen-bond acceptors (Lipinski definition) is 17. The van der Waals surface area contributed by atoms with Crippen molar-refractivity contribution in [3.05, 3.63) is 75.4 Å². The van der Waals surface area contributed by atoms with Crippen LogP contribution >= 0.6 is 0 Å². The maximum atomic E-state index is 15.1. The summed E-state index contributed by atoms with van der Waals surface area (Å²) in [6, 6.07) is 6.75. The first-order valence-electron chi connectivity index (χ1n) is 21.8. The molecular weight excluding hydrogens is 835 g/mol. The Bertz CT molecular complexity index is 2470. The molecule has 3 unspecified atom stereocenters. The van der Waals surface area contributed by atoms with Crippen molar-refractivity contribution in [1.82, 2.24) is 4.90 Å². The topological polar surface area (TPSA) is 255 Å². The molecule has 4 fully saturated rings. The lowest BCUT2D eigenvalue weighted by molar-refractivity contribution is -0.321. The van der Waals surface area contributed by atoms with Gasteiger partial charge in [0.1, 0.15) is 41.2 Å². The maximum absolute atomic E-state index is 15.1. The predicted octanol–water partition coefficient (Wildman–Crippen LogP) is 2.76. The largest absolute Gasteiger partial charge is 0.508 e. The number of ketones is 2. The van der Waals surface area contributed by atoms with Gasteiger partial charge >= 0.3 is 5.63 Å². The van der Waals surface area contributed by atoms with Crippen LogP contribution in [-0.4, -0.2) is 145 Å². The van der Waals surface area contributed by atoms with E-state index in [0.717, 1.165) is 0 Å². The number of aromatic hydroxyl groups is 2. The molecular formula is C47H55NO16. The number of allylic oxidation sites excluding steroid dienone is 2. The van der Waals surface area contributed by atoms with E-state index in [2.05, 4.69) is 0 Å². The first-order valence-corrected chi connectivity index (χ1v) is 21.8. The number of likely N-dealkylation sites (N-methyl/N-ethyl adjacent to an activating group) is 1. The van der Waals surface area contributed by atoms with E-state index in [0.29, 0.717) is 0 Å². The Morgan fingerprint density at radius 1 is 0.812 bits per heavy atom. The molecule has 3 aliphatic heterocycles. The van der Waals surface area contributed by atoms with Crippen LogP contribution < -0.4 is 5.63 Å². The van der Waals surface area contributed by atoms with E-state index in [1.807, 2.05) is 25.9 Å². The third-order valence-corrected chi connectivity index (χ3v) is 14.1. The Hall–Kier alpha value is -4.37. The number of fused-ring (bicyclic) bond motifs is 3. The van der Waals surface area contributed by atoms with Crippen LogP contribution in [0.3, 0.4) is 0 Å². The summed E-state index contributed by atoms with van der Waals surface area (Å²) in [5, 5.41) is 77.6. The number of carbonyl (C=O) groups excluding carboxylic acids is 2. The van der Waals surface area contributed by atoms with Crippen LogP contribution in [0.1, 0.15) is 87.6 Å². The Morgan fingerprint density at radius 2 is 1.47 bits per heavy atom. The minimum absolute atomic E-state index is 0.0360. The highest BCUT2D eigenvalue weighted by Gasteiger charge is 2.66. The molecule has 0 bridgehead atoms. The van der Waals surface area contributed by atoms with Gasteiger partial charge in [-0.2, -0.15) is 0 Å². The number of phenolic OH excluding ortho intramolecular Hbond substituents is 2. The van der Waals surface area contributed by atoms with Crippen molar-refractivity contribution in [2.75, 3.05) is 14.1 Å². The summed E-state index contributed by atoms with van der Waals surface area (Å²) in [4.78, 5) is 46.2. The molecule has 7 N–H and O–H groups in total. The molecule has 0 spiro atoms. The van der Waals surface area contributed by atoms with Crippen molar-refractivity contribution in [1.29, 1.82) is 0 Å². The number of aliphatic hydroxyl groups excluding tert-OH is 4. The predicted molar refractivity (Wildman–Crippen MR) is 226 cm³/mol. The van der Waals surface area contributed by atoms with Gasteiger partial charge in [-0.05, 0) is 77.0 Å². The molecule has 9 rings (SSSR count). The molecule has 1 saturated carbocycles. The van der Waals surface area contributed by atoms with E-state index < -0.39 is 102 Å². The third-order valence-electron chi connectivity index (χ3n) is 14.1. The monoisotopic (exact) mass is 889 g/mol. The van der Waals surface area contributed by atoms with Gasteiger partial charge in [0.2, 0.25) is 0 Å². The molecule has 3 aromatic rings. The van der Waals surface area contributed by atoms with E-state index in [-0.39, 0.29) is 99.7 Å². The molecule has 2 aromatic carbocycles. The number of ether oxygens (including phenoxy) is 5. The number of nitrogens with zero attached hydrogens (tertiary/aromatic N) is 1. The first kappa shape index (κ1) is 44.8. The zero-order chi connectivity index (χ0) is 45.9. The highest BCUT2D eigenvalue weighted by Crippen LogP contribution is 2.57. The highest BCUT2D eigenvalue weighted by molar-refractivity contribution is 6.31. The molecule has 6 aliphatic rings. The van der Waals surface area contributed by atoms with E-state index in [4.69, 9.17) is 28.1 Å². The lowest BCUT2D eigenvalue weighted by Gasteiger charge is -2.54. The van der Waals surface area contributed by atoms with Crippen LogP contribution in [0.4, 0.5) is 0 Å². The SMILES string of the molecule is CC1CC(=O)C2(O)C3=C(C=CC2(O[C@@H]2C[C@@H](N(C)C)[C@@H](O[C@@H]4C[C@@H](O)[C@@H](O)[C@@H](C)O4)[C@@H](C)O2)C1)C(=O)c1c(O)c([C@H]2C[C@@H](O)[C@H](O)[C@@H](C)O2)cc2c(-c4ccc(O)cc4)c(=O)oc3c12. The zero-order valence-corrected chi connectivity index (χ0v) is 36.3. The average molecular weight is 890 g/mol. The van der Waals surface area contributed by atoms with E-state index >= 15 is 4.79 Å². The number of rotatable bonds is 7. The minimum atomic E-state index is -2.63. The van der Waals surface area contributed by atoms with Crippen molar-refractivity contribution in [3.8, 4) is 22.6 Å². The number of phenols is 2. The van der Waals surface area contributed by atoms with E-state index in [9.17, 15) is 45.3 Å². The van der Waals surface area contributed by atoms with Gasteiger partial charge in [0.25, 0.3) is 0 Å². The molecule has 344 valence electrons. The molecule has 3 saturated heterocycles. The Labute approximate surface area is 368 Å². The second-order valence-corrected chi connectivity index (χ2v) is 18.7. The van der Waals surface area contributed by atoms with Crippen molar-refractivity contribution in [3.63, 3.8) is 0 Å². The number of aliphatic hydroxyl groups is 5. The zero-order valence-electron chi connectivity index (χ0n) is 36.3. The second-order valence-electron chi connectivity index (χ2n) is 18.7. The van der Waals surface area contributed by atoms with Crippen molar-refractivity contribution in [2.24, 2.45) is 5.92 Å². The molecule has 64 heavy (non-hydrogen) atoms. The molecule has 0 amide bonds. The molecule has 15 atom stereocenters. The fourth-order valence-corrected chi connectivity index (χ4v) is 10.8. The highest BCUT2D eigenvalue weighted by atomic mass is 16.7. The summed E-state index contributed by atoms with van der Waals surface area (Å²) in [5.74, 6) is -2.77. The van der Waals surface area contributed by atoms with Gasteiger partial charge in [-0.25, -0.2) is 4.79 Å². The first-order chi connectivity index (χ1) is 30.2. The summed E-state index contributed by atoms with van der Waals surface area (Å²) in [6.45, 7) is 6.82. The standard InChI is InChI=1S/C47H55NO16/c1-19-13-32(52)47(58)38-25(11-12-46(47,18-19)64-34-15-28(48(5)6)43(22(4)61-34)62-33-17-30(51)40(54)21(3)60-33)41(55)37-36-27(14-26(42(37)56)31-16-29(50)39(53)20(2)59-31)35(45(57)63-44(36)38)23-7-9-24(49)10-8-23/h7-12,14,19-22,28-31,33-34,39-40,43,49-51,53-54,56,58H,13,15-18H2,1-6H3/t19?,20-,21-,22-,28-,29-,30-,31-,33-,34-,39-,40+,43+,46?,47?/m1/s1. The van der Waals surface area contributed by atoms with Crippen molar-refractivity contribution < 1.29 is 73.4 Å². The molecule has 17 nitrogen and oxygen atoms in total. The molecule has 4 heterocycles. The van der Waals surface area contributed by atoms with Crippen molar-refractivity contribution >= 4 is 27.9 Å². The Morgan fingerprint density at radius 3 is 2.12 bits per heavy atom. The molecule has 17 heteroatoms. The molecule has 0 radical (unpaired) electrons. The van der Waals surface area contributed by atoms with Gasteiger partial charge in [-0.1, -0.05) is 25.1 Å². The second kappa shape index (κ2) is 16.2. The van der Waals surface area contributed by atoms with Gasteiger partial charge in [-0.15, -0.1) is 0 Å². The van der Waals surface area contributed by atoms with Crippen LogP contribution in [0.15, 0.2) is 57.3 Å². The Balaban J connectivity index is 1.16. The van der Waals surface area contributed by atoms with Crippen LogP contribution in [0.25, 0.3) is 27.5 Å². The minimum Gasteiger partial charge on any atom is -0.508 e. The quantitative estimate of drug-likeness (QED) is 0.180. The van der Waals surface area contributed by atoms with Gasteiger partial charge in [0, 0.05) is 59.2 Å². The number of hydrogen-bond donors (Lipinski definition) is 7. The van der Waals surface area contributed by atoms with Crippen LogP contribution in [0.5, 0.6) is 11.5 Å². The Kier molecular flexibility index (Phi) is 11.3. The summed E-state index contributed by atoms with van der Waals surface area (Å²) in [5.41, 5.74) is -5.95. The smallest absolute Gasteiger partial charge is 0.344 e. The fourth-order valence-electron chi connectivity index (χ4n) is 10.8. The summed E-state index contributed by atoms with van der Waals surface area (Å²) >= 11 is 0. The van der Waals surface area contributed by atoms with Gasteiger partial charge < -0.3 is 68.7 Å². The molecule has 1 aromatic heterocycles. The summed E-state index contributed by atoms with van der Waals surface area (Å²) in [7, 11) is 3.70. The van der Waals surface area contributed by atoms with E-state index in [1.165, 1.54) is 42.5 Å². The van der Waals surface area contributed by atoms with E-state index in [1.54, 1.807) is 20.8 Å². The fraction of sp³-hybridized carbons (Fsp3) is 0.553. The van der Waals surface area contributed by atoms with Crippen molar-refractivity contribution in [2.45, 2.75) is 145 Å². The summed E-state index contributed by atoms with van der Waals surface area (Å²) in [6.07, 6.45) is -7.48. The maximum Gasteiger partial charge on any atom is 0.344 e. The average Bonchev–Trinajstić information content (AvgIpc) is 3.22. The van der Waals surface area contributed by atoms with Crippen LogP contribution in [0, 0.1) is 5.92 Å². The number of benzene rings is 2. The molecule has 3 aliphatic carbocycles. The number of Topliss-reactive ketones (excluding diaryl/α,β-unsaturated/α-hetero) is 2. The number of carbonyl (C=O) groups is 2. The normalized spacial score (nSPS) is 38.7. The third kappa shape index (κ3) is 6.99. The van der Waals surface area contributed by atoms with Crippen LogP contribution in [0.2, 0.25) is 0 Å².